The van der Waals surface area contributed by atoms with Crippen LogP contribution in [0.15, 0.2) is 12.1 Å². The topological polar surface area (TPSA) is 71.2 Å². The number of benzene rings is 1. The molecular weight excluding hydrogens is 273 g/mol. The van der Waals surface area contributed by atoms with Gasteiger partial charge < -0.3 is 10.2 Å². The van der Waals surface area contributed by atoms with Crippen LogP contribution in [0.1, 0.15) is 5.56 Å². The average Bonchev–Trinajstić information content (AvgIpc) is 2.99. The molecule has 0 bridgehead atoms. The predicted octanol–water partition coefficient (Wildman–Crippen LogP) is 0.530. The van der Waals surface area contributed by atoms with Crippen molar-refractivity contribution in [3.8, 4) is 0 Å². The van der Waals surface area contributed by atoms with Crippen LogP contribution in [0.4, 0.5) is 10.2 Å². The van der Waals surface area contributed by atoms with Crippen molar-refractivity contribution in [3.05, 3.63) is 23.5 Å². The Hall–Kier alpha value is -2.35. The van der Waals surface area contributed by atoms with Gasteiger partial charge in [0, 0.05) is 32.2 Å². The summed E-state index contributed by atoms with van der Waals surface area (Å²) in [4.78, 5) is 6.72. The first-order valence-corrected chi connectivity index (χ1v) is 6.87. The molecule has 8 heteroatoms. The second-order valence-corrected chi connectivity index (χ2v) is 5.18. The summed E-state index contributed by atoms with van der Waals surface area (Å²) < 4.78 is 15.5. The van der Waals surface area contributed by atoms with Gasteiger partial charge in [-0.1, -0.05) is 0 Å². The second-order valence-electron chi connectivity index (χ2n) is 5.18. The molecule has 0 radical (unpaired) electrons. The van der Waals surface area contributed by atoms with E-state index in [2.05, 4.69) is 30.7 Å². The molecule has 3 heterocycles. The number of piperazine rings is 1. The van der Waals surface area contributed by atoms with Gasteiger partial charge in [0.05, 0.1) is 11.0 Å². The highest BCUT2D eigenvalue weighted by Crippen LogP contribution is 2.24. The van der Waals surface area contributed by atoms with Crippen molar-refractivity contribution in [2.24, 2.45) is 0 Å². The number of fused-ring (bicyclic) bond motifs is 3. The maximum Gasteiger partial charge on any atom is 0.222 e. The third-order valence-corrected chi connectivity index (χ3v) is 3.80. The first kappa shape index (κ1) is 12.4. The molecule has 2 aromatic heterocycles. The zero-order valence-corrected chi connectivity index (χ0v) is 11.5. The molecule has 0 amide bonds. The van der Waals surface area contributed by atoms with Crippen LogP contribution in [0, 0.1) is 12.7 Å². The van der Waals surface area contributed by atoms with Crippen molar-refractivity contribution in [2.75, 3.05) is 31.1 Å². The van der Waals surface area contributed by atoms with E-state index in [9.17, 15) is 4.39 Å². The number of nitrogens with zero attached hydrogens (tertiary/aromatic N) is 6. The molecule has 0 atom stereocenters. The Balaban J connectivity index is 2.00. The third kappa shape index (κ3) is 1.90. The lowest BCUT2D eigenvalue weighted by Gasteiger charge is -2.28. The highest BCUT2D eigenvalue weighted by Gasteiger charge is 2.19. The Morgan fingerprint density at radius 1 is 1.24 bits per heavy atom. The fourth-order valence-electron chi connectivity index (χ4n) is 2.66. The summed E-state index contributed by atoms with van der Waals surface area (Å²) in [7, 11) is 0. The van der Waals surface area contributed by atoms with Crippen molar-refractivity contribution >= 4 is 22.5 Å². The normalized spacial score (nSPS) is 16.0. The number of hydrogen-bond donors (Lipinski definition) is 1. The van der Waals surface area contributed by atoms with Gasteiger partial charge >= 0.3 is 0 Å². The van der Waals surface area contributed by atoms with Gasteiger partial charge in [-0.2, -0.15) is 4.52 Å². The minimum absolute atomic E-state index is 0.270. The highest BCUT2D eigenvalue weighted by atomic mass is 19.1. The van der Waals surface area contributed by atoms with E-state index in [0.29, 0.717) is 28.1 Å². The lowest BCUT2D eigenvalue weighted by molar-refractivity contribution is 0.585. The molecule has 0 saturated carbocycles. The largest absolute Gasteiger partial charge is 0.351 e. The van der Waals surface area contributed by atoms with Crippen LogP contribution < -0.4 is 10.2 Å². The van der Waals surface area contributed by atoms with Crippen molar-refractivity contribution < 1.29 is 4.39 Å². The van der Waals surface area contributed by atoms with E-state index in [4.69, 9.17) is 0 Å². The molecule has 21 heavy (non-hydrogen) atoms. The van der Waals surface area contributed by atoms with Crippen LogP contribution in [0.3, 0.4) is 0 Å². The van der Waals surface area contributed by atoms with Crippen molar-refractivity contribution in [1.82, 2.24) is 30.3 Å². The Labute approximate surface area is 119 Å². The Morgan fingerprint density at radius 2 is 2.05 bits per heavy atom. The summed E-state index contributed by atoms with van der Waals surface area (Å²) in [5.74, 6) is 0.436. The molecule has 1 aliphatic rings. The fourth-order valence-corrected chi connectivity index (χ4v) is 2.66. The first-order chi connectivity index (χ1) is 10.2. The fraction of sp³-hybridized carbons (Fsp3) is 0.385. The molecule has 1 aliphatic heterocycles. The van der Waals surface area contributed by atoms with Crippen LogP contribution >= 0.6 is 0 Å². The van der Waals surface area contributed by atoms with E-state index >= 15 is 0 Å². The summed E-state index contributed by atoms with van der Waals surface area (Å²) in [5, 5.41) is 15.1. The molecule has 108 valence electrons. The number of hydrogen-bond acceptors (Lipinski definition) is 6. The van der Waals surface area contributed by atoms with E-state index in [1.54, 1.807) is 17.5 Å². The summed E-state index contributed by atoms with van der Waals surface area (Å²) in [6, 6.07) is 3.17. The quantitative estimate of drug-likeness (QED) is 0.704. The molecule has 4 rings (SSSR count). The predicted molar refractivity (Wildman–Crippen MR) is 75.9 cm³/mol. The summed E-state index contributed by atoms with van der Waals surface area (Å²) >= 11 is 0. The van der Waals surface area contributed by atoms with Crippen LogP contribution in [0.25, 0.3) is 16.7 Å². The highest BCUT2D eigenvalue weighted by molar-refractivity contribution is 5.83. The van der Waals surface area contributed by atoms with Crippen molar-refractivity contribution in [2.45, 2.75) is 6.92 Å². The number of aryl methyl sites for hydroxylation is 1. The molecule has 0 aliphatic carbocycles. The maximum absolute atomic E-state index is 13.8. The maximum atomic E-state index is 13.8. The van der Waals surface area contributed by atoms with E-state index in [1.807, 2.05) is 0 Å². The van der Waals surface area contributed by atoms with Crippen molar-refractivity contribution in [1.29, 1.82) is 0 Å². The number of rotatable bonds is 1. The van der Waals surface area contributed by atoms with Crippen LogP contribution in [-0.4, -0.2) is 51.2 Å². The molecule has 3 aromatic rings. The van der Waals surface area contributed by atoms with E-state index in [-0.39, 0.29) is 5.82 Å². The lowest BCUT2D eigenvalue weighted by Crippen LogP contribution is -2.44. The Morgan fingerprint density at radius 3 is 2.86 bits per heavy atom. The summed E-state index contributed by atoms with van der Waals surface area (Å²) in [6.07, 6.45) is 0. The van der Waals surface area contributed by atoms with Gasteiger partial charge in [0.25, 0.3) is 0 Å². The molecule has 0 spiro atoms. The molecular formula is C13H14FN7. The van der Waals surface area contributed by atoms with Crippen LogP contribution in [0.5, 0.6) is 0 Å². The van der Waals surface area contributed by atoms with Crippen LogP contribution in [-0.2, 0) is 0 Å². The molecule has 1 aromatic carbocycles. The van der Waals surface area contributed by atoms with E-state index < -0.39 is 0 Å². The standard InChI is InChI=1S/C13H14FN7/c1-8-6-11-10(7-9(8)14)16-12(13-17-18-19-21(11)13)20-4-2-15-3-5-20/h6-7,15H,2-5H2,1H3. The number of anilines is 1. The zero-order valence-electron chi connectivity index (χ0n) is 11.5. The lowest BCUT2D eigenvalue weighted by atomic mass is 10.2. The van der Waals surface area contributed by atoms with Gasteiger partial charge in [-0.3, -0.25) is 0 Å². The number of tetrazole rings is 1. The molecule has 1 saturated heterocycles. The SMILES string of the molecule is Cc1cc2c(cc1F)nc(N1CCNCC1)c1nnnn12. The van der Waals surface area contributed by atoms with Gasteiger partial charge in [-0.05, 0) is 29.0 Å². The Bertz CT molecular complexity index is 822. The minimum Gasteiger partial charge on any atom is -0.351 e. The number of halogens is 1. The molecule has 1 fully saturated rings. The average molecular weight is 287 g/mol. The van der Waals surface area contributed by atoms with E-state index in [1.165, 1.54) is 6.07 Å². The van der Waals surface area contributed by atoms with Gasteiger partial charge in [0.1, 0.15) is 5.82 Å². The summed E-state index contributed by atoms with van der Waals surface area (Å²) in [6.45, 7) is 5.14. The molecule has 1 N–H and O–H groups in total. The molecule has 0 unspecified atom stereocenters. The number of aromatic nitrogens is 5. The zero-order chi connectivity index (χ0) is 14.4. The van der Waals surface area contributed by atoms with Gasteiger partial charge in [0.2, 0.25) is 5.65 Å². The van der Waals surface area contributed by atoms with Crippen LogP contribution in [0.2, 0.25) is 0 Å². The first-order valence-electron chi connectivity index (χ1n) is 6.87. The van der Waals surface area contributed by atoms with Gasteiger partial charge in [0.15, 0.2) is 5.82 Å². The minimum atomic E-state index is -0.270. The smallest absolute Gasteiger partial charge is 0.222 e. The van der Waals surface area contributed by atoms with Gasteiger partial charge in [-0.15, -0.1) is 5.10 Å². The molecule has 7 nitrogen and oxygen atoms in total. The second kappa shape index (κ2) is 4.59. The number of nitrogens with one attached hydrogen (secondary N) is 1. The summed E-state index contributed by atoms with van der Waals surface area (Å²) in [5.41, 5.74) is 2.44. The van der Waals surface area contributed by atoms with E-state index in [0.717, 1.165) is 26.2 Å². The van der Waals surface area contributed by atoms with Gasteiger partial charge in [-0.25, -0.2) is 9.37 Å². The monoisotopic (exact) mass is 287 g/mol. The third-order valence-electron chi connectivity index (χ3n) is 3.80. The van der Waals surface area contributed by atoms with Crippen molar-refractivity contribution in [3.63, 3.8) is 0 Å². The Kier molecular flexibility index (Phi) is 2.71.